The normalized spacial score (nSPS) is 11.4. The van der Waals surface area contributed by atoms with Crippen LogP contribution in [0.4, 0.5) is 0 Å². The fourth-order valence-corrected chi connectivity index (χ4v) is 5.15. The molecule has 11 heteroatoms. The summed E-state index contributed by atoms with van der Waals surface area (Å²) in [5, 5.41) is 6.80. The van der Waals surface area contributed by atoms with Crippen LogP contribution in [0.5, 0.6) is 16.7 Å². The van der Waals surface area contributed by atoms with Crippen LogP contribution < -0.4 is 14.2 Å². The molecule has 0 N–H and O–H groups in total. The van der Waals surface area contributed by atoms with Crippen molar-refractivity contribution in [1.29, 1.82) is 0 Å². The van der Waals surface area contributed by atoms with Gasteiger partial charge in [0.2, 0.25) is 4.96 Å². The third kappa shape index (κ3) is 4.08. The van der Waals surface area contributed by atoms with Crippen LogP contribution in [0, 0.1) is 6.92 Å². The molecule has 0 spiro atoms. The summed E-state index contributed by atoms with van der Waals surface area (Å²) in [6, 6.07) is 9.54. The lowest BCUT2D eigenvalue weighted by Crippen LogP contribution is -1.97. The van der Waals surface area contributed by atoms with Crippen molar-refractivity contribution in [2.75, 3.05) is 14.2 Å². The third-order valence-electron chi connectivity index (χ3n) is 5.38. The first-order chi connectivity index (χ1) is 17.1. The summed E-state index contributed by atoms with van der Waals surface area (Å²) in [7, 11) is 3.22. The number of hydrogen-bond donors (Lipinski definition) is 0. The number of benzene rings is 1. The van der Waals surface area contributed by atoms with E-state index in [0.717, 1.165) is 37.2 Å². The Bertz CT molecular complexity index is 1630. The molecule has 6 aromatic rings. The molecule has 0 saturated carbocycles. The van der Waals surface area contributed by atoms with Crippen molar-refractivity contribution in [2.45, 2.75) is 13.5 Å². The molecular formula is C24H19N5O4S2. The van der Waals surface area contributed by atoms with Gasteiger partial charge in [-0.2, -0.15) is 0 Å². The highest BCUT2D eigenvalue weighted by atomic mass is 32.1. The van der Waals surface area contributed by atoms with Gasteiger partial charge in [-0.05, 0) is 36.5 Å². The number of hydrogen-bond acceptors (Lipinski definition) is 10. The molecule has 0 unspecified atom stereocenters. The second-order valence-electron chi connectivity index (χ2n) is 7.64. The average molecular weight is 506 g/mol. The number of aryl methyl sites for hydroxylation is 1. The van der Waals surface area contributed by atoms with E-state index >= 15 is 0 Å². The number of pyridine rings is 1. The van der Waals surface area contributed by atoms with Crippen molar-refractivity contribution in [3.8, 4) is 38.7 Å². The number of nitrogens with zero attached hydrogens (tertiary/aromatic N) is 5. The molecule has 0 saturated heterocycles. The van der Waals surface area contributed by atoms with Crippen LogP contribution in [0.15, 0.2) is 53.3 Å². The molecular weight excluding hydrogens is 486 g/mol. The van der Waals surface area contributed by atoms with E-state index in [2.05, 4.69) is 20.1 Å². The molecule has 0 aliphatic carbocycles. The first-order valence-electron chi connectivity index (χ1n) is 10.6. The molecule has 0 radical (unpaired) electrons. The van der Waals surface area contributed by atoms with Gasteiger partial charge in [-0.3, -0.25) is 4.98 Å². The summed E-state index contributed by atoms with van der Waals surface area (Å²) in [4.78, 5) is 15.1. The van der Waals surface area contributed by atoms with Crippen LogP contribution in [0.25, 0.3) is 38.0 Å². The maximum Gasteiger partial charge on any atom is 0.294 e. The predicted octanol–water partition coefficient (Wildman–Crippen LogP) is 5.63. The zero-order valence-corrected chi connectivity index (χ0v) is 20.6. The van der Waals surface area contributed by atoms with E-state index in [1.165, 1.54) is 11.3 Å². The fourth-order valence-electron chi connectivity index (χ4n) is 3.71. The van der Waals surface area contributed by atoms with E-state index in [4.69, 9.17) is 18.6 Å². The van der Waals surface area contributed by atoms with Gasteiger partial charge in [-0.1, -0.05) is 0 Å². The van der Waals surface area contributed by atoms with Crippen LogP contribution in [0.3, 0.4) is 0 Å². The number of rotatable bonds is 7. The zero-order valence-electron chi connectivity index (χ0n) is 19.0. The lowest BCUT2D eigenvalue weighted by atomic mass is 10.1. The summed E-state index contributed by atoms with van der Waals surface area (Å²) in [6.07, 6.45) is 5.39. The Balaban J connectivity index is 1.31. The summed E-state index contributed by atoms with van der Waals surface area (Å²) in [6.45, 7) is 2.30. The van der Waals surface area contributed by atoms with Gasteiger partial charge in [0.05, 0.1) is 36.0 Å². The number of furan rings is 1. The van der Waals surface area contributed by atoms with E-state index in [-0.39, 0.29) is 0 Å². The fraction of sp³-hybridized carbons (Fsp3) is 0.167. The summed E-state index contributed by atoms with van der Waals surface area (Å²) < 4.78 is 24.7. The molecule has 9 nitrogen and oxygen atoms in total. The summed E-state index contributed by atoms with van der Waals surface area (Å²) in [5.74, 6) is 2.04. The van der Waals surface area contributed by atoms with Gasteiger partial charge in [-0.25, -0.2) is 14.5 Å². The summed E-state index contributed by atoms with van der Waals surface area (Å²) in [5.41, 5.74) is 3.14. The Hall–Kier alpha value is -3.96. The maximum atomic E-state index is 6.15. The average Bonchev–Trinajstić information content (AvgIpc) is 3.64. The van der Waals surface area contributed by atoms with Crippen molar-refractivity contribution >= 4 is 38.6 Å². The Morgan fingerprint density at radius 2 is 1.91 bits per heavy atom. The van der Waals surface area contributed by atoms with Crippen molar-refractivity contribution < 1.29 is 18.6 Å². The van der Waals surface area contributed by atoms with Gasteiger partial charge in [0.15, 0.2) is 5.76 Å². The second-order valence-corrected chi connectivity index (χ2v) is 9.80. The molecule has 0 fully saturated rings. The zero-order chi connectivity index (χ0) is 23.9. The number of thiazole rings is 1. The van der Waals surface area contributed by atoms with Crippen LogP contribution in [-0.2, 0) is 6.61 Å². The lowest BCUT2D eigenvalue weighted by Gasteiger charge is -2.09. The van der Waals surface area contributed by atoms with Crippen LogP contribution in [0.1, 0.15) is 10.6 Å². The van der Waals surface area contributed by atoms with E-state index in [1.54, 1.807) is 36.3 Å². The molecule has 176 valence electrons. The molecule has 1 aromatic carbocycles. The number of ether oxygens (including phenoxy) is 3. The smallest absolute Gasteiger partial charge is 0.294 e. The third-order valence-corrected chi connectivity index (χ3v) is 7.20. The van der Waals surface area contributed by atoms with E-state index in [9.17, 15) is 0 Å². The Labute approximate surface area is 207 Å². The molecule has 5 aromatic heterocycles. The molecule has 0 amide bonds. The molecule has 6 rings (SSSR count). The number of aromatic nitrogens is 5. The van der Waals surface area contributed by atoms with Crippen LogP contribution in [0.2, 0.25) is 0 Å². The highest BCUT2D eigenvalue weighted by molar-refractivity contribution is 7.18. The van der Waals surface area contributed by atoms with Crippen LogP contribution in [-0.4, -0.2) is 38.8 Å². The highest BCUT2D eigenvalue weighted by Crippen LogP contribution is 2.34. The largest absolute Gasteiger partial charge is 0.497 e. The van der Waals surface area contributed by atoms with Gasteiger partial charge in [0.1, 0.15) is 29.4 Å². The van der Waals surface area contributed by atoms with Gasteiger partial charge < -0.3 is 18.6 Å². The van der Waals surface area contributed by atoms with Gasteiger partial charge in [-0.15, -0.1) is 16.4 Å². The quantitative estimate of drug-likeness (QED) is 0.276. The Morgan fingerprint density at radius 1 is 1.00 bits per heavy atom. The molecule has 35 heavy (non-hydrogen) atoms. The minimum atomic E-state index is 0.328. The van der Waals surface area contributed by atoms with Crippen molar-refractivity contribution in [3.05, 3.63) is 59.5 Å². The molecule has 0 atom stereocenters. The molecule has 0 aliphatic rings. The maximum absolute atomic E-state index is 6.15. The van der Waals surface area contributed by atoms with Gasteiger partial charge >= 0.3 is 0 Å². The topological polar surface area (TPSA) is 96.8 Å². The van der Waals surface area contributed by atoms with Crippen molar-refractivity contribution in [3.63, 3.8) is 0 Å². The molecule has 0 bridgehead atoms. The summed E-state index contributed by atoms with van der Waals surface area (Å²) >= 11 is 2.96. The number of methoxy groups -OCH3 is 2. The molecule has 0 aliphatic heterocycles. The standard InChI is InChI=1S/C24H19N5O4S2/c1-13-26-10-22(34-13)18-7-15(4-5-25-18)32-12-14-6-16(30-2)8-20-17(14)9-21(33-20)19-11-29-23(27-19)35-24(28-29)31-3/h4-11H,12H2,1-3H3. The Morgan fingerprint density at radius 3 is 2.69 bits per heavy atom. The lowest BCUT2D eigenvalue weighted by molar-refractivity contribution is 0.306. The number of imidazole rings is 1. The van der Waals surface area contributed by atoms with Crippen LogP contribution >= 0.6 is 22.7 Å². The first kappa shape index (κ1) is 21.6. The van der Waals surface area contributed by atoms with Crippen molar-refractivity contribution in [2.24, 2.45) is 0 Å². The van der Waals surface area contributed by atoms with Crippen molar-refractivity contribution in [1.82, 2.24) is 24.6 Å². The number of fused-ring (bicyclic) bond motifs is 2. The Kier molecular flexibility index (Phi) is 5.34. The monoisotopic (exact) mass is 505 g/mol. The highest BCUT2D eigenvalue weighted by Gasteiger charge is 2.17. The minimum absolute atomic E-state index is 0.328. The van der Waals surface area contributed by atoms with Gasteiger partial charge in [0.25, 0.3) is 5.19 Å². The molecule has 5 heterocycles. The minimum Gasteiger partial charge on any atom is -0.497 e. The van der Waals surface area contributed by atoms with E-state index in [1.807, 2.05) is 49.6 Å². The van der Waals surface area contributed by atoms with E-state index < -0.39 is 0 Å². The SMILES string of the molecule is COc1cc(COc2ccnc(-c3cnc(C)s3)c2)c2cc(-c3cn4nc(OC)sc4n3)oc2c1. The van der Waals surface area contributed by atoms with Gasteiger partial charge in [0, 0.05) is 35.5 Å². The second kappa shape index (κ2) is 8.67. The predicted molar refractivity (Wildman–Crippen MR) is 134 cm³/mol. The first-order valence-corrected chi connectivity index (χ1v) is 12.3. The van der Waals surface area contributed by atoms with E-state index in [0.29, 0.717) is 34.6 Å².